The number of benzene rings is 1. The van der Waals surface area contributed by atoms with Crippen LogP contribution in [0.5, 0.6) is 0 Å². The minimum Gasteiger partial charge on any atom is -0.592 e. The first-order valence-corrected chi connectivity index (χ1v) is 5.88. The van der Waals surface area contributed by atoms with Crippen LogP contribution in [0.25, 0.3) is 0 Å². The van der Waals surface area contributed by atoms with E-state index in [9.17, 15) is 8.94 Å². The lowest BCUT2D eigenvalue weighted by atomic mass is 10.3. The number of hydrogen-bond acceptors (Lipinski definition) is 3. The highest BCUT2D eigenvalue weighted by Gasteiger charge is 2.34. The van der Waals surface area contributed by atoms with Crippen molar-refractivity contribution >= 4 is 23.3 Å². The minimum atomic E-state index is -1.19. The molecule has 0 aliphatic carbocycles. The fraction of sp³-hybridized carbons (Fsp3) is 0.111. The second-order valence-corrected chi connectivity index (χ2v) is 5.41. The fourth-order valence-electron chi connectivity index (χ4n) is 1.16. The summed E-state index contributed by atoms with van der Waals surface area (Å²) in [5.74, 6) is -0.297. The van der Waals surface area contributed by atoms with Crippen LogP contribution >= 0.6 is 11.9 Å². The SMILES string of the molecule is C=CCN1Sc2cc(F)ccc2[S+]1[O-]. The highest BCUT2D eigenvalue weighted by Crippen LogP contribution is 2.41. The Morgan fingerprint density at radius 3 is 3.14 bits per heavy atom. The third-order valence-corrected chi connectivity index (χ3v) is 4.65. The lowest BCUT2D eigenvalue weighted by Crippen LogP contribution is -2.19. The second kappa shape index (κ2) is 3.94. The van der Waals surface area contributed by atoms with Gasteiger partial charge in [0.15, 0.2) is 4.90 Å². The zero-order valence-electron chi connectivity index (χ0n) is 7.27. The van der Waals surface area contributed by atoms with Crippen molar-refractivity contribution < 1.29 is 8.94 Å². The Bertz CT molecular complexity index is 372. The van der Waals surface area contributed by atoms with Crippen molar-refractivity contribution in [2.45, 2.75) is 9.79 Å². The Balaban J connectivity index is 2.30. The molecule has 0 saturated heterocycles. The van der Waals surface area contributed by atoms with Gasteiger partial charge in [-0.05, 0) is 18.2 Å². The lowest BCUT2D eigenvalue weighted by Gasteiger charge is -2.11. The van der Waals surface area contributed by atoms with Gasteiger partial charge in [0.05, 0.1) is 22.8 Å². The summed E-state index contributed by atoms with van der Waals surface area (Å²) in [6.07, 6.45) is 1.67. The molecule has 5 heteroatoms. The quantitative estimate of drug-likeness (QED) is 0.442. The van der Waals surface area contributed by atoms with Gasteiger partial charge in [-0.25, -0.2) is 4.39 Å². The highest BCUT2D eigenvalue weighted by molar-refractivity contribution is 8.11. The van der Waals surface area contributed by atoms with E-state index in [0.29, 0.717) is 11.4 Å². The number of rotatable bonds is 2. The Kier molecular flexibility index (Phi) is 2.83. The monoisotopic (exact) mass is 229 g/mol. The molecule has 74 valence electrons. The molecule has 0 N–H and O–H groups in total. The molecule has 2 nitrogen and oxygen atoms in total. The fourth-order valence-corrected chi connectivity index (χ4v) is 3.84. The van der Waals surface area contributed by atoms with E-state index >= 15 is 0 Å². The molecule has 1 heterocycles. The number of nitrogens with zero attached hydrogens (tertiary/aromatic N) is 1. The van der Waals surface area contributed by atoms with E-state index in [2.05, 4.69) is 6.58 Å². The number of fused-ring (bicyclic) bond motifs is 1. The summed E-state index contributed by atoms with van der Waals surface area (Å²) in [5.41, 5.74) is 0. The molecule has 1 aliphatic rings. The molecule has 0 bridgehead atoms. The molecule has 1 atom stereocenters. The number of halogens is 1. The summed E-state index contributed by atoms with van der Waals surface area (Å²) in [5, 5.41) is 0. The summed E-state index contributed by atoms with van der Waals surface area (Å²) >= 11 is 0.120. The summed E-state index contributed by atoms with van der Waals surface area (Å²) in [7, 11) is 0. The van der Waals surface area contributed by atoms with Gasteiger partial charge >= 0.3 is 0 Å². The van der Waals surface area contributed by atoms with Crippen molar-refractivity contribution in [2.75, 3.05) is 6.54 Å². The summed E-state index contributed by atoms with van der Waals surface area (Å²) in [6, 6.07) is 4.30. The van der Waals surface area contributed by atoms with Crippen molar-refractivity contribution in [1.29, 1.82) is 0 Å². The van der Waals surface area contributed by atoms with E-state index < -0.39 is 11.4 Å². The first kappa shape index (κ1) is 10.0. The second-order valence-electron chi connectivity index (χ2n) is 2.74. The molecule has 14 heavy (non-hydrogen) atoms. The first-order valence-electron chi connectivity index (χ1n) is 4.00. The summed E-state index contributed by atoms with van der Waals surface area (Å²) < 4.78 is 26.3. The molecule has 1 aromatic carbocycles. The van der Waals surface area contributed by atoms with Crippen LogP contribution in [0, 0.1) is 5.82 Å². The molecular weight excluding hydrogens is 221 g/mol. The average molecular weight is 229 g/mol. The van der Waals surface area contributed by atoms with E-state index in [4.69, 9.17) is 0 Å². The van der Waals surface area contributed by atoms with Crippen LogP contribution in [0.2, 0.25) is 0 Å². The van der Waals surface area contributed by atoms with Crippen LogP contribution in [0.4, 0.5) is 4.39 Å². The van der Waals surface area contributed by atoms with Crippen LogP contribution in [-0.2, 0) is 11.4 Å². The normalized spacial score (nSPS) is 20.9. The van der Waals surface area contributed by atoms with Gasteiger partial charge in [-0.1, -0.05) is 9.79 Å². The van der Waals surface area contributed by atoms with E-state index in [1.807, 2.05) is 0 Å². The molecule has 0 spiro atoms. The van der Waals surface area contributed by atoms with Crippen LogP contribution < -0.4 is 0 Å². The van der Waals surface area contributed by atoms with E-state index in [0.717, 1.165) is 4.90 Å². The van der Waals surface area contributed by atoms with Crippen molar-refractivity contribution in [3.05, 3.63) is 36.7 Å². The summed E-state index contributed by atoms with van der Waals surface area (Å²) in [6.45, 7) is 4.10. The van der Waals surface area contributed by atoms with Gasteiger partial charge in [0, 0.05) is 11.9 Å². The largest absolute Gasteiger partial charge is 0.592 e. The van der Waals surface area contributed by atoms with Crippen LogP contribution in [0.3, 0.4) is 0 Å². The van der Waals surface area contributed by atoms with Crippen molar-refractivity contribution in [1.82, 2.24) is 3.71 Å². The minimum absolute atomic E-state index is 0.297. The highest BCUT2D eigenvalue weighted by atomic mass is 32.3. The molecule has 0 aromatic heterocycles. The Hall–Kier alpha value is -0.490. The van der Waals surface area contributed by atoms with E-state index in [-0.39, 0.29) is 5.82 Å². The predicted molar refractivity (Wildman–Crippen MR) is 55.6 cm³/mol. The molecule has 1 aliphatic heterocycles. The smallest absolute Gasteiger partial charge is 0.190 e. The topological polar surface area (TPSA) is 26.3 Å². The van der Waals surface area contributed by atoms with Crippen LogP contribution in [0.15, 0.2) is 40.6 Å². The van der Waals surface area contributed by atoms with Crippen molar-refractivity contribution in [3.63, 3.8) is 0 Å². The molecule has 0 radical (unpaired) electrons. The lowest BCUT2D eigenvalue weighted by molar-refractivity contribution is 0.558. The molecule has 0 amide bonds. The van der Waals surface area contributed by atoms with E-state index in [1.165, 1.54) is 24.1 Å². The van der Waals surface area contributed by atoms with Gasteiger partial charge in [-0.15, -0.1) is 6.58 Å². The maximum Gasteiger partial charge on any atom is 0.190 e. The predicted octanol–water partition coefficient (Wildman–Crippen LogP) is 2.36. The summed E-state index contributed by atoms with van der Waals surface area (Å²) in [4.78, 5) is 1.41. The molecule has 1 aromatic rings. The molecular formula is C9H8FNOS2. The molecule has 0 fully saturated rings. The van der Waals surface area contributed by atoms with Crippen molar-refractivity contribution in [3.8, 4) is 0 Å². The molecule has 1 unspecified atom stereocenters. The zero-order chi connectivity index (χ0) is 10.1. The standard InChI is InChI=1S/C9H8FNOS2/c1-2-5-11-13-8-6-7(10)3-4-9(8)14(11)12/h2-4,6H,1,5H2. The first-order chi connectivity index (χ1) is 6.72. The zero-order valence-corrected chi connectivity index (χ0v) is 8.91. The van der Waals surface area contributed by atoms with Gasteiger partial charge in [0.1, 0.15) is 5.82 Å². The van der Waals surface area contributed by atoms with E-state index in [1.54, 1.807) is 15.9 Å². The van der Waals surface area contributed by atoms with Gasteiger partial charge in [-0.2, -0.15) is 0 Å². The average Bonchev–Trinajstić information content (AvgIpc) is 2.44. The molecule has 2 rings (SSSR count). The maximum absolute atomic E-state index is 12.9. The van der Waals surface area contributed by atoms with Crippen LogP contribution in [-0.4, -0.2) is 14.8 Å². The van der Waals surface area contributed by atoms with Gasteiger partial charge in [0.2, 0.25) is 0 Å². The van der Waals surface area contributed by atoms with Gasteiger partial charge in [-0.3, -0.25) is 0 Å². The molecule has 0 saturated carbocycles. The van der Waals surface area contributed by atoms with Gasteiger partial charge in [0.25, 0.3) is 0 Å². The Labute approximate surface area is 89.2 Å². The third kappa shape index (κ3) is 1.68. The van der Waals surface area contributed by atoms with Crippen molar-refractivity contribution in [2.24, 2.45) is 0 Å². The Morgan fingerprint density at radius 2 is 2.43 bits per heavy atom. The number of hydrogen-bond donors (Lipinski definition) is 0. The Morgan fingerprint density at radius 1 is 1.64 bits per heavy atom. The third-order valence-electron chi connectivity index (χ3n) is 1.76. The van der Waals surface area contributed by atoms with Gasteiger partial charge < -0.3 is 4.55 Å². The maximum atomic E-state index is 12.9. The van der Waals surface area contributed by atoms with Crippen LogP contribution in [0.1, 0.15) is 0 Å².